The third-order valence-corrected chi connectivity index (χ3v) is 5.04. The predicted molar refractivity (Wildman–Crippen MR) is 89.2 cm³/mol. The number of aromatic nitrogens is 1. The molecule has 25 heavy (non-hydrogen) atoms. The first-order chi connectivity index (χ1) is 11.8. The molecule has 0 radical (unpaired) electrons. The van der Waals surface area contributed by atoms with Crippen molar-refractivity contribution in [3.05, 3.63) is 34.7 Å². The highest BCUT2D eigenvalue weighted by molar-refractivity contribution is 8.00. The molecule has 1 unspecified atom stereocenters. The van der Waals surface area contributed by atoms with E-state index in [0.29, 0.717) is 4.88 Å². The summed E-state index contributed by atoms with van der Waals surface area (Å²) in [5.41, 5.74) is -1.54. The van der Waals surface area contributed by atoms with E-state index < -0.39 is 28.5 Å². The minimum atomic E-state index is -4.71. The second-order valence-electron chi connectivity index (χ2n) is 4.83. The third kappa shape index (κ3) is 4.52. The van der Waals surface area contributed by atoms with Crippen molar-refractivity contribution in [2.24, 2.45) is 0 Å². The molecule has 0 fully saturated rings. The van der Waals surface area contributed by atoms with Crippen molar-refractivity contribution in [2.45, 2.75) is 30.3 Å². The van der Waals surface area contributed by atoms with Crippen LogP contribution in [0.1, 0.15) is 25.0 Å². The molecule has 0 amide bonds. The van der Waals surface area contributed by atoms with Gasteiger partial charge >= 0.3 is 12.1 Å². The molecule has 0 aromatic carbocycles. The Bertz CT molecular complexity index is 799. The molecule has 2 rings (SSSR count). The number of pyridine rings is 1. The van der Waals surface area contributed by atoms with Gasteiger partial charge in [0.1, 0.15) is 16.3 Å². The summed E-state index contributed by atoms with van der Waals surface area (Å²) in [5, 5.41) is 10.0. The van der Waals surface area contributed by atoms with Crippen molar-refractivity contribution in [1.29, 1.82) is 5.26 Å². The van der Waals surface area contributed by atoms with Crippen molar-refractivity contribution in [3.63, 3.8) is 0 Å². The van der Waals surface area contributed by atoms with Crippen LogP contribution in [-0.2, 0) is 15.7 Å². The van der Waals surface area contributed by atoms with Crippen molar-refractivity contribution >= 4 is 29.1 Å². The number of halogens is 3. The van der Waals surface area contributed by atoms with Crippen molar-refractivity contribution < 1.29 is 22.7 Å². The lowest BCUT2D eigenvalue weighted by Gasteiger charge is -2.15. The van der Waals surface area contributed by atoms with Gasteiger partial charge in [0, 0.05) is 0 Å². The molecule has 2 heterocycles. The molecule has 2 aromatic heterocycles. The lowest BCUT2D eigenvalue weighted by atomic mass is 10.1. The van der Waals surface area contributed by atoms with Crippen LogP contribution in [0.2, 0.25) is 0 Å². The zero-order valence-electron chi connectivity index (χ0n) is 13.3. The van der Waals surface area contributed by atoms with Gasteiger partial charge in [0.2, 0.25) is 0 Å². The first-order valence-electron chi connectivity index (χ1n) is 7.17. The monoisotopic (exact) mass is 386 g/mol. The fraction of sp³-hybridized carbons (Fsp3) is 0.312. The van der Waals surface area contributed by atoms with E-state index in [9.17, 15) is 23.2 Å². The Morgan fingerprint density at radius 1 is 1.52 bits per heavy atom. The van der Waals surface area contributed by atoms with E-state index in [2.05, 4.69) is 4.98 Å². The molecular weight excluding hydrogens is 373 g/mol. The standard InChI is InChI=1S/C16H13F3N2O2S2/c1-3-23-15(22)9(2)25-14-10(8-20)11(16(17,18)19)7-12(21-14)13-5-4-6-24-13/h4-7,9H,3H2,1-2H3. The molecule has 0 spiro atoms. The number of esters is 1. The number of nitriles is 1. The second-order valence-corrected chi connectivity index (χ2v) is 7.11. The smallest absolute Gasteiger partial charge is 0.417 e. The number of hydrogen-bond acceptors (Lipinski definition) is 6. The zero-order valence-corrected chi connectivity index (χ0v) is 14.9. The Kier molecular flexibility index (Phi) is 6.08. The van der Waals surface area contributed by atoms with Gasteiger partial charge in [0.25, 0.3) is 0 Å². The Morgan fingerprint density at radius 2 is 2.24 bits per heavy atom. The van der Waals surface area contributed by atoms with Crippen LogP contribution in [0.25, 0.3) is 10.6 Å². The van der Waals surface area contributed by atoms with Crippen LogP contribution in [0.3, 0.4) is 0 Å². The average molecular weight is 386 g/mol. The van der Waals surface area contributed by atoms with Crippen LogP contribution in [0.5, 0.6) is 0 Å². The van der Waals surface area contributed by atoms with Gasteiger partial charge in [0.15, 0.2) is 0 Å². The van der Waals surface area contributed by atoms with Gasteiger partial charge in [-0.05, 0) is 31.4 Å². The first kappa shape index (κ1) is 19.3. The van der Waals surface area contributed by atoms with Crippen LogP contribution in [-0.4, -0.2) is 22.8 Å². The number of alkyl halides is 3. The van der Waals surface area contributed by atoms with Gasteiger partial charge in [-0.2, -0.15) is 18.4 Å². The fourth-order valence-corrected chi connectivity index (χ4v) is 3.57. The van der Waals surface area contributed by atoms with E-state index >= 15 is 0 Å². The van der Waals surface area contributed by atoms with Crippen LogP contribution in [0.15, 0.2) is 28.6 Å². The van der Waals surface area contributed by atoms with Gasteiger partial charge in [0.05, 0.1) is 28.3 Å². The number of carbonyl (C=O) groups is 1. The summed E-state index contributed by atoms with van der Waals surface area (Å²) in [6, 6.07) is 5.77. The topological polar surface area (TPSA) is 63.0 Å². The zero-order chi connectivity index (χ0) is 18.6. The van der Waals surface area contributed by atoms with E-state index in [1.165, 1.54) is 18.3 Å². The highest BCUT2D eigenvalue weighted by atomic mass is 32.2. The Balaban J connectivity index is 2.55. The van der Waals surface area contributed by atoms with Gasteiger partial charge < -0.3 is 4.74 Å². The van der Waals surface area contributed by atoms with Gasteiger partial charge in [-0.15, -0.1) is 11.3 Å². The van der Waals surface area contributed by atoms with Crippen molar-refractivity contribution in [1.82, 2.24) is 4.98 Å². The molecule has 0 N–H and O–H groups in total. The normalized spacial score (nSPS) is 12.5. The third-order valence-electron chi connectivity index (χ3n) is 3.08. The molecule has 0 saturated carbocycles. The van der Waals surface area contributed by atoms with Gasteiger partial charge in [-0.3, -0.25) is 4.79 Å². The number of thiophene rings is 1. The molecule has 0 saturated heterocycles. The molecule has 9 heteroatoms. The molecule has 0 bridgehead atoms. The maximum Gasteiger partial charge on any atom is 0.417 e. The number of thioether (sulfide) groups is 1. The van der Waals surface area contributed by atoms with Crippen molar-refractivity contribution in [2.75, 3.05) is 6.61 Å². The summed E-state index contributed by atoms with van der Waals surface area (Å²) in [6.07, 6.45) is -4.71. The highest BCUT2D eigenvalue weighted by Gasteiger charge is 2.36. The minimum absolute atomic E-state index is 0.111. The average Bonchev–Trinajstić information content (AvgIpc) is 3.07. The maximum atomic E-state index is 13.4. The number of nitrogens with zero attached hydrogens (tertiary/aromatic N) is 2. The lowest BCUT2D eigenvalue weighted by molar-refractivity contribution is -0.142. The number of rotatable bonds is 5. The van der Waals surface area contributed by atoms with Crippen LogP contribution < -0.4 is 0 Å². The van der Waals surface area contributed by atoms with Crippen molar-refractivity contribution in [3.8, 4) is 16.6 Å². The molecule has 1 atom stereocenters. The Labute approximate surface area is 150 Å². The van der Waals surface area contributed by atoms with Gasteiger partial charge in [-0.25, -0.2) is 4.98 Å². The fourth-order valence-electron chi connectivity index (χ4n) is 1.96. The van der Waals surface area contributed by atoms with E-state index in [-0.39, 0.29) is 17.3 Å². The summed E-state index contributed by atoms with van der Waals surface area (Å²) in [7, 11) is 0. The maximum absolute atomic E-state index is 13.4. The summed E-state index contributed by atoms with van der Waals surface area (Å²) in [4.78, 5) is 16.5. The molecule has 0 aliphatic carbocycles. The first-order valence-corrected chi connectivity index (χ1v) is 8.93. The van der Waals surface area contributed by atoms with E-state index in [4.69, 9.17) is 4.74 Å². The number of hydrogen-bond donors (Lipinski definition) is 0. The second kappa shape index (κ2) is 7.89. The molecule has 4 nitrogen and oxygen atoms in total. The largest absolute Gasteiger partial charge is 0.465 e. The summed E-state index contributed by atoms with van der Waals surface area (Å²) >= 11 is 2.02. The van der Waals surface area contributed by atoms with Crippen LogP contribution in [0, 0.1) is 11.3 Å². The molecule has 0 aliphatic rings. The summed E-state index contributed by atoms with van der Waals surface area (Å²) in [6.45, 7) is 3.29. The Hall–Kier alpha value is -2.05. The number of ether oxygens (including phenoxy) is 1. The summed E-state index contributed by atoms with van der Waals surface area (Å²) in [5.74, 6) is -0.576. The highest BCUT2D eigenvalue weighted by Crippen LogP contribution is 2.39. The predicted octanol–water partition coefficient (Wildman–Crippen LogP) is 4.74. The Morgan fingerprint density at radius 3 is 2.76 bits per heavy atom. The van der Waals surface area contributed by atoms with E-state index in [0.717, 1.165) is 17.8 Å². The quantitative estimate of drug-likeness (QED) is 0.548. The summed E-state index contributed by atoms with van der Waals surface area (Å²) < 4.78 is 45.0. The molecule has 132 valence electrons. The van der Waals surface area contributed by atoms with E-state index in [1.54, 1.807) is 30.5 Å². The SMILES string of the molecule is CCOC(=O)C(C)Sc1nc(-c2cccs2)cc(C(F)(F)F)c1C#N. The minimum Gasteiger partial charge on any atom is -0.465 e. The molecular formula is C16H13F3N2O2S2. The lowest BCUT2D eigenvalue weighted by Crippen LogP contribution is -2.18. The number of carbonyl (C=O) groups excluding carboxylic acids is 1. The van der Waals surface area contributed by atoms with Crippen LogP contribution >= 0.6 is 23.1 Å². The molecule has 2 aromatic rings. The van der Waals surface area contributed by atoms with Crippen LogP contribution in [0.4, 0.5) is 13.2 Å². The van der Waals surface area contributed by atoms with Gasteiger partial charge in [-0.1, -0.05) is 17.8 Å². The molecule has 0 aliphatic heterocycles. The van der Waals surface area contributed by atoms with E-state index in [1.807, 2.05) is 0 Å².